The summed E-state index contributed by atoms with van der Waals surface area (Å²) >= 11 is 3.99. The minimum Gasteiger partial charge on any atom is -0.484 e. The zero-order valence-electron chi connectivity index (χ0n) is 13.5. The average molecular weight is 377 g/mol. The molecular weight excluding hydrogens is 352 g/mol. The van der Waals surface area contributed by atoms with Crippen LogP contribution in [0.1, 0.15) is 30.4 Å². The molecule has 0 aliphatic carbocycles. The summed E-state index contributed by atoms with van der Waals surface area (Å²) in [6.07, 6.45) is 1.29. The van der Waals surface area contributed by atoms with E-state index in [-0.39, 0.29) is 24.9 Å². The minimum absolute atomic E-state index is 0. The molecule has 0 saturated carbocycles. The lowest BCUT2D eigenvalue weighted by atomic mass is 10.1. The van der Waals surface area contributed by atoms with Crippen LogP contribution in [0.3, 0.4) is 0 Å². The summed E-state index contributed by atoms with van der Waals surface area (Å²) in [5.41, 5.74) is 6.50. The predicted octanol–water partition coefficient (Wildman–Crippen LogP) is 3.21. The fraction of sp³-hybridized carbons (Fsp3) is 0.562. The highest BCUT2D eigenvalue weighted by Crippen LogP contribution is 2.43. The predicted molar refractivity (Wildman–Crippen MR) is 103 cm³/mol. The van der Waals surface area contributed by atoms with Crippen molar-refractivity contribution >= 4 is 41.8 Å². The third kappa shape index (κ3) is 6.83. The van der Waals surface area contributed by atoms with Gasteiger partial charge in [-0.05, 0) is 49.5 Å². The van der Waals surface area contributed by atoms with E-state index < -0.39 is 5.54 Å². The smallest absolute Gasteiger partial charge is 0.258 e. The first-order valence-corrected chi connectivity index (χ1v) is 9.57. The van der Waals surface area contributed by atoms with Crippen LogP contribution in [0.25, 0.3) is 0 Å². The van der Waals surface area contributed by atoms with Crippen molar-refractivity contribution in [3.63, 3.8) is 0 Å². The Balaban J connectivity index is 0.00000264. The van der Waals surface area contributed by atoms with Crippen molar-refractivity contribution in [2.75, 3.05) is 24.7 Å². The van der Waals surface area contributed by atoms with Crippen LogP contribution in [0.5, 0.6) is 5.75 Å². The molecule has 130 valence electrons. The van der Waals surface area contributed by atoms with E-state index in [0.29, 0.717) is 11.1 Å². The van der Waals surface area contributed by atoms with Crippen molar-refractivity contribution in [1.82, 2.24) is 5.32 Å². The number of hydrogen-bond donors (Lipinski definition) is 2. The fourth-order valence-corrected chi connectivity index (χ4v) is 4.91. The molecule has 0 spiro atoms. The monoisotopic (exact) mass is 376 g/mol. The molecule has 0 bridgehead atoms. The Bertz CT molecular complexity index is 491. The number of amides is 1. The maximum absolute atomic E-state index is 11.8. The Morgan fingerprint density at radius 2 is 1.91 bits per heavy atom. The summed E-state index contributed by atoms with van der Waals surface area (Å²) in [4.78, 5) is 11.8. The Morgan fingerprint density at radius 1 is 1.30 bits per heavy atom. The van der Waals surface area contributed by atoms with Crippen LogP contribution in [-0.2, 0) is 4.79 Å². The number of ether oxygens (including phenoxy) is 1. The zero-order valence-corrected chi connectivity index (χ0v) is 16.0. The molecule has 3 N–H and O–H groups in total. The van der Waals surface area contributed by atoms with Gasteiger partial charge in [-0.25, -0.2) is 0 Å². The second kappa shape index (κ2) is 9.67. The van der Waals surface area contributed by atoms with E-state index in [0.717, 1.165) is 5.75 Å². The van der Waals surface area contributed by atoms with Crippen LogP contribution in [0.2, 0.25) is 0 Å². The molecule has 4 nitrogen and oxygen atoms in total. The van der Waals surface area contributed by atoms with Crippen LogP contribution in [0, 0.1) is 0 Å². The molecule has 1 saturated heterocycles. The van der Waals surface area contributed by atoms with Gasteiger partial charge >= 0.3 is 0 Å². The molecule has 1 aliphatic heterocycles. The molecule has 1 aromatic carbocycles. The molecule has 2 rings (SSSR count). The number of rotatable bonds is 6. The van der Waals surface area contributed by atoms with Gasteiger partial charge in [0.05, 0.1) is 4.58 Å². The van der Waals surface area contributed by atoms with E-state index in [9.17, 15) is 4.79 Å². The molecule has 0 unspecified atom stereocenters. The molecule has 23 heavy (non-hydrogen) atoms. The van der Waals surface area contributed by atoms with Crippen molar-refractivity contribution in [2.24, 2.45) is 5.73 Å². The number of nitrogens with two attached hydrogens (primary N) is 1. The van der Waals surface area contributed by atoms with E-state index in [2.05, 4.69) is 17.4 Å². The quantitative estimate of drug-likeness (QED) is 0.798. The second-order valence-corrected chi connectivity index (χ2v) is 8.65. The van der Waals surface area contributed by atoms with E-state index >= 15 is 0 Å². The third-order valence-corrected chi connectivity index (χ3v) is 6.35. The fourth-order valence-electron chi connectivity index (χ4n) is 2.01. The first kappa shape index (κ1) is 20.5. The van der Waals surface area contributed by atoms with Crippen molar-refractivity contribution in [3.8, 4) is 5.75 Å². The molecule has 0 atom stereocenters. The van der Waals surface area contributed by atoms with E-state index in [1.165, 1.54) is 23.5 Å². The van der Waals surface area contributed by atoms with Gasteiger partial charge in [-0.15, -0.1) is 35.9 Å². The highest BCUT2D eigenvalue weighted by Gasteiger charge is 2.19. The standard InChI is InChI=1S/C16H24N2O2S2.ClH/c1-16(2,11-17)18-14(19)10-20-13-6-4-12(5-7-13)15-21-8-3-9-22-15;/h4-7,15H,3,8-11,17H2,1-2H3,(H,18,19);1H. The lowest BCUT2D eigenvalue weighted by Crippen LogP contribution is -2.50. The van der Waals surface area contributed by atoms with Crippen molar-refractivity contribution < 1.29 is 9.53 Å². The number of benzene rings is 1. The van der Waals surface area contributed by atoms with Crippen LogP contribution in [0.15, 0.2) is 24.3 Å². The number of nitrogens with one attached hydrogen (secondary N) is 1. The van der Waals surface area contributed by atoms with Gasteiger partial charge in [0.25, 0.3) is 5.91 Å². The molecule has 0 aromatic heterocycles. The number of carbonyl (C=O) groups is 1. The number of carbonyl (C=O) groups excluding carboxylic acids is 1. The van der Waals surface area contributed by atoms with Gasteiger partial charge in [-0.3, -0.25) is 4.79 Å². The Morgan fingerprint density at radius 3 is 2.48 bits per heavy atom. The molecule has 1 aliphatic rings. The summed E-state index contributed by atoms with van der Waals surface area (Å²) in [6, 6.07) is 8.05. The van der Waals surface area contributed by atoms with Crippen molar-refractivity contribution in [1.29, 1.82) is 0 Å². The first-order valence-electron chi connectivity index (χ1n) is 7.47. The lowest BCUT2D eigenvalue weighted by molar-refractivity contribution is -0.124. The molecule has 0 radical (unpaired) electrons. The van der Waals surface area contributed by atoms with Gasteiger partial charge in [-0.1, -0.05) is 12.1 Å². The molecule has 7 heteroatoms. The number of halogens is 1. The van der Waals surface area contributed by atoms with Crippen LogP contribution < -0.4 is 15.8 Å². The maximum Gasteiger partial charge on any atom is 0.258 e. The third-order valence-electron chi connectivity index (χ3n) is 3.34. The second-order valence-electron chi connectivity index (χ2n) is 5.92. The zero-order chi connectivity index (χ0) is 16.0. The SMILES string of the molecule is CC(C)(CN)NC(=O)COc1ccc(C2SCCCS2)cc1.Cl. The van der Waals surface area contributed by atoms with Gasteiger partial charge in [0, 0.05) is 12.1 Å². The van der Waals surface area contributed by atoms with E-state index in [4.69, 9.17) is 10.5 Å². The summed E-state index contributed by atoms with van der Waals surface area (Å²) < 4.78 is 6.06. The Kier molecular flexibility index (Phi) is 8.61. The van der Waals surface area contributed by atoms with Gasteiger partial charge in [-0.2, -0.15) is 0 Å². The Hall–Kier alpha value is -0.560. The normalized spacial score (nSPS) is 15.6. The van der Waals surface area contributed by atoms with Gasteiger partial charge < -0.3 is 15.8 Å². The topological polar surface area (TPSA) is 64.3 Å². The largest absolute Gasteiger partial charge is 0.484 e. The van der Waals surface area contributed by atoms with E-state index in [1.807, 2.05) is 49.5 Å². The van der Waals surface area contributed by atoms with Crippen LogP contribution >= 0.6 is 35.9 Å². The highest BCUT2D eigenvalue weighted by molar-refractivity contribution is 8.16. The lowest BCUT2D eigenvalue weighted by Gasteiger charge is -2.24. The summed E-state index contributed by atoms with van der Waals surface area (Å²) in [7, 11) is 0. The maximum atomic E-state index is 11.8. The van der Waals surface area contributed by atoms with Gasteiger partial charge in [0.15, 0.2) is 6.61 Å². The molecular formula is C16H25ClN2O2S2. The average Bonchev–Trinajstić information content (AvgIpc) is 2.54. The van der Waals surface area contributed by atoms with Gasteiger partial charge in [0.1, 0.15) is 5.75 Å². The first-order chi connectivity index (χ1) is 10.5. The summed E-state index contributed by atoms with van der Waals surface area (Å²) in [5.74, 6) is 3.02. The number of thioether (sulfide) groups is 2. The highest BCUT2D eigenvalue weighted by atomic mass is 35.5. The molecule has 1 amide bonds. The Labute approximate surface area is 153 Å². The minimum atomic E-state index is -0.403. The van der Waals surface area contributed by atoms with Crippen molar-refractivity contribution in [2.45, 2.75) is 30.4 Å². The molecule has 1 aromatic rings. The summed E-state index contributed by atoms with van der Waals surface area (Å²) in [6.45, 7) is 4.18. The molecule has 1 heterocycles. The van der Waals surface area contributed by atoms with Gasteiger partial charge in [0.2, 0.25) is 0 Å². The summed E-state index contributed by atoms with van der Waals surface area (Å²) in [5, 5.41) is 2.84. The van der Waals surface area contributed by atoms with Crippen LogP contribution in [-0.4, -0.2) is 36.1 Å². The van der Waals surface area contributed by atoms with Crippen molar-refractivity contribution in [3.05, 3.63) is 29.8 Å². The van der Waals surface area contributed by atoms with E-state index in [1.54, 1.807) is 0 Å². The molecule has 1 fully saturated rings. The number of hydrogen-bond acceptors (Lipinski definition) is 5. The van der Waals surface area contributed by atoms with Crippen LogP contribution in [0.4, 0.5) is 0 Å².